The Bertz CT molecular complexity index is 1170. The van der Waals surface area contributed by atoms with Gasteiger partial charge in [0.25, 0.3) is 0 Å². The summed E-state index contributed by atoms with van der Waals surface area (Å²) in [6.07, 6.45) is 3.03. The second kappa shape index (κ2) is 9.24. The zero-order chi connectivity index (χ0) is 23.8. The van der Waals surface area contributed by atoms with E-state index in [1.807, 2.05) is 36.4 Å². The Balaban J connectivity index is 1.65. The third-order valence-corrected chi connectivity index (χ3v) is 9.06. The van der Waals surface area contributed by atoms with Gasteiger partial charge in [-0.25, -0.2) is 13.3 Å². The van der Waals surface area contributed by atoms with E-state index in [2.05, 4.69) is 56.5 Å². The molecular formula is C27H31NO3S2. The van der Waals surface area contributed by atoms with Gasteiger partial charge in [-0.05, 0) is 63.6 Å². The van der Waals surface area contributed by atoms with Crippen LogP contribution >= 0.6 is 11.8 Å². The molecule has 3 aromatic rings. The van der Waals surface area contributed by atoms with Crippen molar-refractivity contribution in [3.05, 3.63) is 72.3 Å². The van der Waals surface area contributed by atoms with Crippen LogP contribution in [0.4, 0.5) is 0 Å². The topological polar surface area (TPSA) is 46.6 Å². The summed E-state index contributed by atoms with van der Waals surface area (Å²) in [7, 11) is -1.38. The molecule has 6 heteroatoms. The highest BCUT2D eigenvalue weighted by molar-refractivity contribution is 7.98. The summed E-state index contributed by atoms with van der Waals surface area (Å²) in [4.78, 5) is 14.6. The molecule has 174 valence electrons. The number of piperidine rings is 1. The van der Waals surface area contributed by atoms with Crippen LogP contribution in [-0.4, -0.2) is 37.9 Å². The Hall–Kier alpha value is -2.15. The summed E-state index contributed by atoms with van der Waals surface area (Å²) in [5.74, 6) is -0.305. The molecule has 1 saturated heterocycles. The molecule has 4 nitrogen and oxygen atoms in total. The number of benzene rings is 3. The molecule has 0 radical (unpaired) electrons. The van der Waals surface area contributed by atoms with Gasteiger partial charge in [0.15, 0.2) is 0 Å². The van der Waals surface area contributed by atoms with Crippen molar-refractivity contribution in [2.45, 2.75) is 67.5 Å². The van der Waals surface area contributed by atoms with Gasteiger partial charge >= 0.3 is 5.97 Å². The average Bonchev–Trinajstić information content (AvgIpc) is 2.77. The lowest BCUT2D eigenvalue weighted by Crippen LogP contribution is -2.62. The number of nitrogens with zero attached hydrogens (tertiary/aromatic N) is 1. The van der Waals surface area contributed by atoms with E-state index in [0.717, 1.165) is 20.6 Å². The summed E-state index contributed by atoms with van der Waals surface area (Å²) in [5, 5.41) is 2.14. The van der Waals surface area contributed by atoms with Crippen molar-refractivity contribution in [3.8, 4) is 0 Å². The number of hydrogen-bond acceptors (Lipinski definition) is 4. The molecule has 33 heavy (non-hydrogen) atoms. The van der Waals surface area contributed by atoms with Crippen molar-refractivity contribution in [3.63, 3.8) is 0 Å². The Kier molecular flexibility index (Phi) is 6.72. The molecule has 0 aromatic heterocycles. The number of rotatable bonds is 5. The minimum absolute atomic E-state index is 0.245. The van der Waals surface area contributed by atoms with Crippen LogP contribution < -0.4 is 0 Å². The smallest absolute Gasteiger partial charge is 0.338 e. The fourth-order valence-electron chi connectivity index (χ4n) is 5.18. The van der Waals surface area contributed by atoms with Crippen LogP contribution in [0.15, 0.2) is 76.5 Å². The summed E-state index contributed by atoms with van der Waals surface area (Å²) in [5.41, 5.74) is -0.324. The molecule has 3 aromatic carbocycles. The average molecular weight is 482 g/mol. The quantitative estimate of drug-likeness (QED) is 0.310. The summed E-state index contributed by atoms with van der Waals surface area (Å²) >= 11 is 1.67. The zero-order valence-electron chi connectivity index (χ0n) is 19.8. The van der Waals surface area contributed by atoms with Crippen molar-refractivity contribution < 1.29 is 13.7 Å². The molecule has 0 spiro atoms. The Labute approximate surface area is 203 Å². The van der Waals surface area contributed by atoms with Crippen molar-refractivity contribution in [2.24, 2.45) is 0 Å². The van der Waals surface area contributed by atoms with Gasteiger partial charge in [-0.2, -0.15) is 0 Å². The standard InChI is InChI=1S/C27H31NO3S2/c1-26(2)17-21(31-25(29)20-11-7-6-8-12-20)18-27(3,4)28(26)33(30)23-16-10-14-19-13-9-15-22(32-5)24(19)23/h6-16,21H,17-18H2,1-5H3. The molecule has 1 aliphatic rings. The first-order chi connectivity index (χ1) is 15.6. The Morgan fingerprint density at radius 3 is 2.15 bits per heavy atom. The van der Waals surface area contributed by atoms with Gasteiger partial charge in [0.05, 0.1) is 10.5 Å². The second-order valence-electron chi connectivity index (χ2n) is 9.78. The van der Waals surface area contributed by atoms with Crippen LogP contribution in [0.25, 0.3) is 10.8 Å². The normalized spacial score (nSPS) is 19.3. The summed E-state index contributed by atoms with van der Waals surface area (Å²) < 4.78 is 22.2. The van der Waals surface area contributed by atoms with Gasteiger partial charge in [-0.3, -0.25) is 0 Å². The third-order valence-electron chi connectivity index (χ3n) is 6.24. The number of carbonyl (C=O) groups is 1. The molecule has 0 bridgehead atoms. The van der Waals surface area contributed by atoms with E-state index >= 15 is 0 Å². The second-order valence-corrected chi connectivity index (χ2v) is 11.9. The van der Waals surface area contributed by atoms with Crippen molar-refractivity contribution in [1.82, 2.24) is 4.31 Å². The fourth-order valence-corrected chi connectivity index (χ4v) is 7.74. The third kappa shape index (κ3) is 4.75. The van der Waals surface area contributed by atoms with Crippen molar-refractivity contribution in [1.29, 1.82) is 0 Å². The number of esters is 1. The highest BCUT2D eigenvalue weighted by Crippen LogP contribution is 2.44. The molecule has 0 amide bonds. The van der Waals surface area contributed by atoms with Gasteiger partial charge in [-0.1, -0.05) is 42.5 Å². The van der Waals surface area contributed by atoms with Crippen LogP contribution in [0.5, 0.6) is 0 Å². The molecule has 1 fully saturated rings. The highest BCUT2D eigenvalue weighted by Gasteiger charge is 2.50. The van der Waals surface area contributed by atoms with Gasteiger partial charge in [0.2, 0.25) is 0 Å². The first-order valence-electron chi connectivity index (χ1n) is 11.2. The molecule has 1 aliphatic heterocycles. The lowest BCUT2D eigenvalue weighted by atomic mass is 9.81. The van der Waals surface area contributed by atoms with E-state index in [1.54, 1.807) is 23.9 Å². The predicted octanol–water partition coefficient (Wildman–Crippen LogP) is 6.46. The first-order valence-corrected chi connectivity index (χ1v) is 13.5. The van der Waals surface area contributed by atoms with Crippen molar-refractivity contribution >= 4 is 39.5 Å². The highest BCUT2D eigenvalue weighted by atomic mass is 32.2. The number of thioether (sulfide) groups is 1. The van der Waals surface area contributed by atoms with Crippen LogP contribution in [0, 0.1) is 0 Å². The Morgan fingerprint density at radius 2 is 1.55 bits per heavy atom. The zero-order valence-corrected chi connectivity index (χ0v) is 21.5. The molecular weight excluding hydrogens is 450 g/mol. The predicted molar refractivity (Wildman–Crippen MR) is 137 cm³/mol. The fraction of sp³-hybridized carbons (Fsp3) is 0.370. The van der Waals surface area contributed by atoms with E-state index in [4.69, 9.17) is 4.74 Å². The Morgan fingerprint density at radius 1 is 0.939 bits per heavy atom. The maximum Gasteiger partial charge on any atom is 0.338 e. The summed E-state index contributed by atoms with van der Waals surface area (Å²) in [6, 6.07) is 21.3. The van der Waals surface area contributed by atoms with Crippen molar-refractivity contribution in [2.75, 3.05) is 6.26 Å². The molecule has 4 rings (SSSR count). The molecule has 0 aliphatic carbocycles. The molecule has 1 unspecified atom stereocenters. The first kappa shape index (κ1) is 24.0. The van der Waals surface area contributed by atoms with E-state index in [0.29, 0.717) is 18.4 Å². The van der Waals surface area contributed by atoms with E-state index in [9.17, 15) is 9.00 Å². The number of hydrogen-bond donors (Lipinski definition) is 0. The maximum atomic E-state index is 14.2. The van der Waals surface area contributed by atoms with E-state index in [1.165, 1.54) is 0 Å². The van der Waals surface area contributed by atoms with Crippen LogP contribution in [-0.2, 0) is 15.7 Å². The van der Waals surface area contributed by atoms with Crippen LogP contribution in [0.2, 0.25) is 0 Å². The lowest BCUT2D eigenvalue weighted by Gasteiger charge is -2.53. The largest absolute Gasteiger partial charge is 0.459 e. The molecule has 1 heterocycles. The minimum Gasteiger partial charge on any atom is -0.459 e. The lowest BCUT2D eigenvalue weighted by molar-refractivity contribution is -0.0416. The SMILES string of the molecule is CSc1cccc2cccc(S(=O)N3C(C)(C)CC(OC(=O)c4ccccc4)CC3(C)C)c12. The monoisotopic (exact) mass is 481 g/mol. The van der Waals surface area contributed by atoms with Gasteiger partial charge in [-0.15, -0.1) is 11.8 Å². The minimum atomic E-state index is -1.38. The molecule has 0 saturated carbocycles. The number of carbonyl (C=O) groups excluding carboxylic acids is 1. The van der Waals surface area contributed by atoms with Crippen LogP contribution in [0.1, 0.15) is 50.9 Å². The van der Waals surface area contributed by atoms with Gasteiger partial charge in [0, 0.05) is 34.2 Å². The van der Waals surface area contributed by atoms with Gasteiger partial charge in [0.1, 0.15) is 17.1 Å². The summed E-state index contributed by atoms with van der Waals surface area (Å²) in [6.45, 7) is 8.37. The molecule has 0 N–H and O–H groups in total. The van der Waals surface area contributed by atoms with Gasteiger partial charge < -0.3 is 4.74 Å². The van der Waals surface area contributed by atoms with E-state index < -0.39 is 22.1 Å². The number of fused-ring (bicyclic) bond motifs is 1. The molecule has 1 atom stereocenters. The number of ether oxygens (including phenoxy) is 1. The maximum absolute atomic E-state index is 14.2. The van der Waals surface area contributed by atoms with Crippen LogP contribution in [0.3, 0.4) is 0 Å². The van der Waals surface area contributed by atoms with E-state index in [-0.39, 0.29) is 12.1 Å².